The molecule has 1 rings (SSSR count). The van der Waals surface area contributed by atoms with E-state index in [1.165, 1.54) is 0 Å². The van der Waals surface area contributed by atoms with Gasteiger partial charge in [-0.3, -0.25) is 4.79 Å². The van der Waals surface area contributed by atoms with Gasteiger partial charge in [-0.2, -0.15) is 0 Å². The molecule has 0 aliphatic heterocycles. The molecule has 7 nitrogen and oxygen atoms in total. The Bertz CT molecular complexity index is 522. The molecule has 0 heterocycles. The summed E-state index contributed by atoms with van der Waals surface area (Å²) in [4.78, 5) is 22.1. The Hall–Kier alpha value is -2.28. The zero-order chi connectivity index (χ0) is 17.5. The van der Waals surface area contributed by atoms with Crippen molar-refractivity contribution in [3.8, 4) is 5.75 Å². The van der Waals surface area contributed by atoms with Gasteiger partial charge in [-0.15, -0.1) is 0 Å². The molecule has 0 aromatic heterocycles. The smallest absolute Gasteiger partial charge is 0.407 e. The highest BCUT2D eigenvalue weighted by atomic mass is 16.6. The van der Waals surface area contributed by atoms with Gasteiger partial charge in [0.1, 0.15) is 24.0 Å². The average Bonchev–Trinajstić information content (AvgIpc) is 2.43. The van der Waals surface area contributed by atoms with E-state index in [-0.39, 0.29) is 6.42 Å². The summed E-state index contributed by atoms with van der Waals surface area (Å²) in [5.74, 6) is -0.401. The van der Waals surface area contributed by atoms with Crippen LogP contribution in [0.2, 0.25) is 0 Å². The predicted molar refractivity (Wildman–Crippen MR) is 85.5 cm³/mol. The van der Waals surface area contributed by atoms with E-state index in [0.717, 1.165) is 5.56 Å². The summed E-state index contributed by atoms with van der Waals surface area (Å²) >= 11 is 0. The lowest BCUT2D eigenvalue weighted by atomic mass is 10.1. The number of carboxylic acids is 1. The van der Waals surface area contributed by atoms with Crippen LogP contribution in [0.5, 0.6) is 5.75 Å². The Labute approximate surface area is 135 Å². The maximum atomic E-state index is 11.4. The van der Waals surface area contributed by atoms with Crippen molar-refractivity contribution in [3.05, 3.63) is 29.8 Å². The van der Waals surface area contributed by atoms with E-state index in [2.05, 4.69) is 5.32 Å². The standard InChI is InChI=1S/C16H24N2O5/c1-16(2,3)23-15(21)18-8-9-22-12-6-4-11(5-7-12)10-13(17)14(19)20/h4-7,13H,8-10,17H2,1-3H3,(H,18,21)(H,19,20)/t13-/m0/s1. The highest BCUT2D eigenvalue weighted by molar-refractivity contribution is 5.73. The number of carboxylic acid groups (broad SMARTS) is 1. The van der Waals surface area contributed by atoms with Crippen LogP contribution in [0.15, 0.2) is 24.3 Å². The number of nitrogens with two attached hydrogens (primary N) is 1. The molecule has 1 amide bonds. The van der Waals surface area contributed by atoms with Crippen molar-refractivity contribution in [2.75, 3.05) is 13.2 Å². The van der Waals surface area contributed by atoms with Crippen LogP contribution in [0.25, 0.3) is 0 Å². The monoisotopic (exact) mass is 324 g/mol. The SMILES string of the molecule is CC(C)(C)OC(=O)NCCOc1ccc(C[C@H](N)C(=O)O)cc1. The molecular weight excluding hydrogens is 300 g/mol. The van der Waals surface area contributed by atoms with Crippen LogP contribution in [-0.4, -0.2) is 42.0 Å². The van der Waals surface area contributed by atoms with E-state index in [9.17, 15) is 9.59 Å². The van der Waals surface area contributed by atoms with Crippen LogP contribution in [-0.2, 0) is 16.0 Å². The van der Waals surface area contributed by atoms with Crippen molar-refractivity contribution in [3.63, 3.8) is 0 Å². The van der Waals surface area contributed by atoms with Gasteiger partial charge in [-0.1, -0.05) is 12.1 Å². The van der Waals surface area contributed by atoms with Gasteiger partial charge in [0.05, 0.1) is 6.54 Å². The fourth-order valence-electron chi connectivity index (χ4n) is 1.70. The van der Waals surface area contributed by atoms with E-state index >= 15 is 0 Å². The molecule has 4 N–H and O–H groups in total. The Balaban J connectivity index is 2.31. The predicted octanol–water partition coefficient (Wildman–Crippen LogP) is 1.54. The Morgan fingerprint density at radius 2 is 1.87 bits per heavy atom. The highest BCUT2D eigenvalue weighted by Gasteiger charge is 2.15. The van der Waals surface area contributed by atoms with Crippen molar-refractivity contribution in [2.45, 2.75) is 38.8 Å². The number of aliphatic carboxylic acids is 1. The maximum absolute atomic E-state index is 11.4. The third kappa shape index (κ3) is 8.06. The molecule has 0 spiro atoms. The molecule has 0 saturated heterocycles. The highest BCUT2D eigenvalue weighted by Crippen LogP contribution is 2.13. The molecule has 0 fully saturated rings. The van der Waals surface area contributed by atoms with Gasteiger partial charge in [0.25, 0.3) is 0 Å². The Morgan fingerprint density at radius 3 is 2.39 bits per heavy atom. The van der Waals surface area contributed by atoms with Gasteiger partial charge < -0.3 is 25.6 Å². The fourth-order valence-corrected chi connectivity index (χ4v) is 1.70. The molecule has 0 radical (unpaired) electrons. The summed E-state index contributed by atoms with van der Waals surface area (Å²) in [6.07, 6.45) is -0.227. The van der Waals surface area contributed by atoms with E-state index in [0.29, 0.717) is 18.9 Å². The van der Waals surface area contributed by atoms with Crippen molar-refractivity contribution in [2.24, 2.45) is 5.73 Å². The minimum Gasteiger partial charge on any atom is -0.492 e. The number of alkyl carbamates (subject to hydrolysis) is 1. The Morgan fingerprint density at radius 1 is 1.26 bits per heavy atom. The van der Waals surface area contributed by atoms with Crippen LogP contribution >= 0.6 is 0 Å². The molecule has 0 aliphatic carbocycles. The lowest BCUT2D eigenvalue weighted by Gasteiger charge is -2.19. The lowest BCUT2D eigenvalue weighted by Crippen LogP contribution is -2.34. The maximum Gasteiger partial charge on any atom is 0.407 e. The minimum atomic E-state index is -1.03. The quantitative estimate of drug-likeness (QED) is 0.656. The van der Waals surface area contributed by atoms with Crippen LogP contribution in [0, 0.1) is 0 Å². The van der Waals surface area contributed by atoms with Crippen LogP contribution < -0.4 is 15.8 Å². The molecule has 1 aromatic carbocycles. The number of carbonyl (C=O) groups excluding carboxylic acids is 1. The molecule has 1 aromatic rings. The number of hydrogen-bond acceptors (Lipinski definition) is 5. The molecule has 1 atom stereocenters. The van der Waals surface area contributed by atoms with Gasteiger partial charge in [0.15, 0.2) is 0 Å². The number of benzene rings is 1. The van der Waals surface area contributed by atoms with E-state index in [4.69, 9.17) is 20.3 Å². The van der Waals surface area contributed by atoms with Crippen molar-refractivity contribution in [1.29, 1.82) is 0 Å². The first-order valence-electron chi connectivity index (χ1n) is 7.34. The molecule has 0 bridgehead atoms. The third-order valence-electron chi connectivity index (χ3n) is 2.74. The van der Waals surface area contributed by atoms with Gasteiger partial charge in [-0.25, -0.2) is 4.79 Å². The number of ether oxygens (including phenoxy) is 2. The molecule has 0 unspecified atom stereocenters. The lowest BCUT2D eigenvalue weighted by molar-refractivity contribution is -0.138. The summed E-state index contributed by atoms with van der Waals surface area (Å²) in [5, 5.41) is 11.4. The zero-order valence-corrected chi connectivity index (χ0v) is 13.7. The molecule has 128 valence electrons. The summed E-state index contributed by atoms with van der Waals surface area (Å²) in [7, 11) is 0. The van der Waals surface area contributed by atoms with Crippen molar-refractivity contribution < 1.29 is 24.2 Å². The summed E-state index contributed by atoms with van der Waals surface area (Å²) in [5.41, 5.74) is 5.76. The summed E-state index contributed by atoms with van der Waals surface area (Å²) in [6, 6.07) is 6.08. The van der Waals surface area contributed by atoms with Crippen LogP contribution in [0.4, 0.5) is 4.79 Å². The second-order valence-electron chi connectivity index (χ2n) is 6.07. The van der Waals surface area contributed by atoms with Crippen molar-refractivity contribution >= 4 is 12.1 Å². The number of rotatable bonds is 7. The topological polar surface area (TPSA) is 111 Å². The minimum absolute atomic E-state index is 0.260. The van der Waals surface area contributed by atoms with Gasteiger partial charge in [-0.05, 0) is 44.9 Å². The van der Waals surface area contributed by atoms with E-state index < -0.39 is 23.7 Å². The number of amides is 1. The van der Waals surface area contributed by atoms with Crippen LogP contribution in [0.1, 0.15) is 26.3 Å². The number of hydrogen-bond donors (Lipinski definition) is 3. The number of nitrogens with one attached hydrogen (secondary N) is 1. The normalized spacial score (nSPS) is 12.3. The molecule has 7 heteroatoms. The molecule has 23 heavy (non-hydrogen) atoms. The second-order valence-corrected chi connectivity index (χ2v) is 6.07. The Kier molecular flexibility index (Phi) is 6.84. The van der Waals surface area contributed by atoms with Crippen molar-refractivity contribution in [1.82, 2.24) is 5.32 Å². The van der Waals surface area contributed by atoms with Gasteiger partial charge in [0, 0.05) is 0 Å². The first-order chi connectivity index (χ1) is 10.7. The first kappa shape index (κ1) is 18.8. The van der Waals surface area contributed by atoms with E-state index in [1.54, 1.807) is 45.0 Å². The molecule has 0 saturated carbocycles. The largest absolute Gasteiger partial charge is 0.492 e. The average molecular weight is 324 g/mol. The van der Waals surface area contributed by atoms with E-state index in [1.807, 2.05) is 0 Å². The molecule has 0 aliphatic rings. The number of carbonyl (C=O) groups is 2. The van der Waals surface area contributed by atoms with Gasteiger partial charge >= 0.3 is 12.1 Å². The third-order valence-corrected chi connectivity index (χ3v) is 2.74. The zero-order valence-electron chi connectivity index (χ0n) is 13.7. The first-order valence-corrected chi connectivity index (χ1v) is 7.34. The summed E-state index contributed by atoms with van der Waals surface area (Å²) in [6.45, 7) is 6.00. The second kappa shape index (κ2) is 8.38. The summed E-state index contributed by atoms with van der Waals surface area (Å²) < 4.78 is 10.6. The molecular formula is C16H24N2O5. The van der Waals surface area contributed by atoms with Crippen LogP contribution in [0.3, 0.4) is 0 Å². The van der Waals surface area contributed by atoms with Gasteiger partial charge in [0.2, 0.25) is 0 Å². The fraction of sp³-hybridized carbons (Fsp3) is 0.500.